The summed E-state index contributed by atoms with van der Waals surface area (Å²) in [6.07, 6.45) is -21.2. The van der Waals surface area contributed by atoms with E-state index < -0.39 is 36.2 Å². The Balaban J connectivity index is 0. The molecule has 0 heterocycles. The van der Waals surface area contributed by atoms with Gasteiger partial charge in [-0.3, -0.25) is 4.74 Å². The summed E-state index contributed by atoms with van der Waals surface area (Å²) in [4.78, 5) is 9.73. The second kappa shape index (κ2) is 6.04. The van der Waals surface area contributed by atoms with Crippen molar-refractivity contribution in [3.8, 4) is 0 Å². The Kier molecular flexibility index (Phi) is 6.60. The van der Waals surface area contributed by atoms with Crippen LogP contribution in [0.4, 0.5) is 48.3 Å². The fourth-order valence-corrected chi connectivity index (χ4v) is 0.621. The minimum Gasteiger partial charge on any atom is -0.544 e. The second-order valence-corrected chi connectivity index (χ2v) is 3.07. The van der Waals surface area contributed by atoms with Crippen LogP contribution in [0, 0.1) is 0 Å². The summed E-state index contributed by atoms with van der Waals surface area (Å²) in [6.45, 7) is 0. The predicted molar refractivity (Wildman–Crippen MR) is 31.9 cm³/mol. The fourth-order valence-electron chi connectivity index (χ4n) is 0.621. The van der Waals surface area contributed by atoms with Crippen LogP contribution >= 0.6 is 0 Å². The minimum absolute atomic E-state index is 0. The van der Waals surface area contributed by atoms with E-state index in [9.17, 15) is 58.2 Å². The SMILES string of the molecule is O=C([O-])C(F)(OC(F)(F)C(F)(F)C(F)(F)F)C(F)(F)F.[Na+]. The van der Waals surface area contributed by atoms with Crippen molar-refractivity contribution in [3.05, 3.63) is 0 Å². The Morgan fingerprint density at radius 2 is 1.10 bits per heavy atom. The molecule has 3 nitrogen and oxygen atoms in total. The zero-order valence-electron chi connectivity index (χ0n) is 9.38. The summed E-state index contributed by atoms with van der Waals surface area (Å²) in [5.74, 6) is -18.0. The Labute approximate surface area is 129 Å². The third-order valence-electron chi connectivity index (χ3n) is 1.62. The van der Waals surface area contributed by atoms with E-state index in [1.54, 1.807) is 4.74 Å². The molecule has 0 saturated heterocycles. The van der Waals surface area contributed by atoms with E-state index in [0.717, 1.165) is 0 Å². The number of carbonyl (C=O) groups is 1. The maximum absolute atomic E-state index is 12.6. The van der Waals surface area contributed by atoms with Gasteiger partial charge in [0.25, 0.3) is 0 Å². The molecule has 0 aliphatic heterocycles. The third-order valence-corrected chi connectivity index (χ3v) is 1.62. The smallest absolute Gasteiger partial charge is 0.544 e. The number of aliphatic carboxylic acids is 1. The van der Waals surface area contributed by atoms with Crippen LogP contribution in [0.5, 0.6) is 0 Å². The first-order chi connectivity index (χ1) is 8.40. The summed E-state index contributed by atoms with van der Waals surface area (Å²) in [6, 6.07) is 0. The van der Waals surface area contributed by atoms with Crippen molar-refractivity contribution in [2.75, 3.05) is 0 Å². The van der Waals surface area contributed by atoms with Crippen LogP contribution in [-0.4, -0.2) is 36.2 Å². The Morgan fingerprint density at radius 1 is 0.762 bits per heavy atom. The van der Waals surface area contributed by atoms with Gasteiger partial charge in [-0.2, -0.15) is 48.3 Å². The summed E-state index contributed by atoms with van der Waals surface area (Å²) in [5, 5.41) is 9.73. The molecule has 1 unspecified atom stereocenters. The molecule has 0 rings (SSSR count). The van der Waals surface area contributed by atoms with E-state index in [1.165, 1.54) is 0 Å². The van der Waals surface area contributed by atoms with Crippen LogP contribution in [-0.2, 0) is 9.53 Å². The molecule has 15 heteroatoms. The average molecular weight is 352 g/mol. The van der Waals surface area contributed by atoms with E-state index in [4.69, 9.17) is 0 Å². The zero-order chi connectivity index (χ0) is 16.8. The maximum Gasteiger partial charge on any atom is 1.00 e. The van der Waals surface area contributed by atoms with Crippen molar-refractivity contribution in [3.63, 3.8) is 0 Å². The molecule has 0 aromatic rings. The van der Waals surface area contributed by atoms with E-state index >= 15 is 0 Å². The van der Waals surface area contributed by atoms with Crippen LogP contribution in [0.1, 0.15) is 0 Å². The normalized spacial score (nSPS) is 16.9. The molecule has 0 saturated carbocycles. The Morgan fingerprint density at radius 3 is 1.29 bits per heavy atom. The van der Waals surface area contributed by atoms with Gasteiger partial charge in [-0.1, -0.05) is 0 Å². The molecule has 0 radical (unpaired) electrons. The molecule has 0 aromatic heterocycles. The molecule has 0 N–H and O–H groups in total. The van der Waals surface area contributed by atoms with Crippen molar-refractivity contribution < 1.29 is 92.5 Å². The number of ether oxygens (including phenoxy) is 1. The molecule has 0 aromatic carbocycles. The van der Waals surface area contributed by atoms with E-state index in [0.29, 0.717) is 0 Å². The first kappa shape index (κ1) is 22.9. The summed E-state index contributed by atoms with van der Waals surface area (Å²) in [5.41, 5.74) is 0. The fraction of sp³-hybridized carbons (Fsp3) is 0.833. The maximum atomic E-state index is 12.6. The van der Waals surface area contributed by atoms with Gasteiger partial charge >= 0.3 is 59.8 Å². The van der Waals surface area contributed by atoms with Gasteiger partial charge in [0.1, 0.15) is 5.97 Å². The average Bonchev–Trinajstić information content (AvgIpc) is 2.12. The Hall–Kier alpha value is -0.340. The molecular formula is C6F11NaO3. The number of hydrogen-bond acceptors (Lipinski definition) is 3. The predicted octanol–water partition coefficient (Wildman–Crippen LogP) is -1.22. The standard InChI is InChI=1S/C6HF11O3.Na/c7-2(1(18)19,4(10,11)12)20-6(16,17)3(8,9)5(13,14)15;/h(H,18,19);/q;+1/p-1. The number of carboxylic acids is 1. The van der Waals surface area contributed by atoms with Crippen LogP contribution in [0.15, 0.2) is 0 Å². The number of halogens is 11. The van der Waals surface area contributed by atoms with Gasteiger partial charge in [0.05, 0.1) is 0 Å². The van der Waals surface area contributed by atoms with Gasteiger partial charge in [-0.15, -0.1) is 0 Å². The van der Waals surface area contributed by atoms with E-state index in [2.05, 4.69) is 0 Å². The van der Waals surface area contributed by atoms with Gasteiger partial charge in [0.15, 0.2) is 0 Å². The summed E-state index contributed by atoms with van der Waals surface area (Å²) < 4.78 is 133. The van der Waals surface area contributed by atoms with Crippen LogP contribution in [0.2, 0.25) is 0 Å². The molecule has 120 valence electrons. The van der Waals surface area contributed by atoms with Gasteiger partial charge in [0.2, 0.25) is 0 Å². The van der Waals surface area contributed by atoms with Crippen molar-refractivity contribution in [1.29, 1.82) is 0 Å². The third kappa shape index (κ3) is 4.10. The molecule has 0 amide bonds. The quantitative estimate of drug-likeness (QED) is 0.471. The Bertz CT molecular complexity index is 388. The monoisotopic (exact) mass is 352 g/mol. The van der Waals surface area contributed by atoms with Gasteiger partial charge < -0.3 is 9.90 Å². The molecule has 0 bridgehead atoms. The van der Waals surface area contributed by atoms with Crippen molar-refractivity contribution >= 4 is 5.97 Å². The number of carboxylic acid groups (broad SMARTS) is 1. The van der Waals surface area contributed by atoms with Crippen LogP contribution in [0.25, 0.3) is 0 Å². The molecule has 0 aliphatic rings. The van der Waals surface area contributed by atoms with Crippen LogP contribution in [0.3, 0.4) is 0 Å². The summed E-state index contributed by atoms with van der Waals surface area (Å²) in [7, 11) is 0. The minimum atomic E-state index is -7.29. The zero-order valence-corrected chi connectivity index (χ0v) is 11.4. The molecule has 21 heavy (non-hydrogen) atoms. The van der Waals surface area contributed by atoms with Crippen molar-refractivity contribution in [1.82, 2.24) is 0 Å². The van der Waals surface area contributed by atoms with E-state index in [1.807, 2.05) is 0 Å². The second-order valence-electron chi connectivity index (χ2n) is 3.07. The van der Waals surface area contributed by atoms with Crippen molar-refractivity contribution in [2.24, 2.45) is 0 Å². The number of rotatable bonds is 4. The van der Waals surface area contributed by atoms with Gasteiger partial charge in [-0.05, 0) is 0 Å². The topological polar surface area (TPSA) is 49.4 Å². The molecule has 0 spiro atoms. The van der Waals surface area contributed by atoms with Crippen LogP contribution < -0.4 is 34.7 Å². The van der Waals surface area contributed by atoms with Gasteiger partial charge in [0, 0.05) is 0 Å². The van der Waals surface area contributed by atoms with Crippen molar-refractivity contribution in [2.45, 2.75) is 30.2 Å². The molecule has 0 fully saturated rings. The molecule has 0 aliphatic carbocycles. The largest absolute Gasteiger partial charge is 1.00 e. The van der Waals surface area contributed by atoms with E-state index in [-0.39, 0.29) is 29.6 Å². The number of hydrogen-bond donors (Lipinski definition) is 0. The number of carbonyl (C=O) groups excluding carboxylic acids is 1. The number of alkyl halides is 11. The molecular weight excluding hydrogens is 352 g/mol. The first-order valence-corrected chi connectivity index (χ1v) is 3.90. The first-order valence-electron chi connectivity index (χ1n) is 3.90. The summed E-state index contributed by atoms with van der Waals surface area (Å²) >= 11 is 0. The molecule has 1 atom stereocenters. The van der Waals surface area contributed by atoms with Gasteiger partial charge in [-0.25, -0.2) is 0 Å².